The molecule has 1 N–H and O–H groups in total. The van der Waals surface area contributed by atoms with E-state index in [2.05, 4.69) is 20.1 Å². The Balaban J connectivity index is 1.17. The fourth-order valence-corrected chi connectivity index (χ4v) is 7.25. The van der Waals surface area contributed by atoms with Crippen LogP contribution < -0.4 is 5.32 Å². The molecule has 4 saturated heterocycles. The van der Waals surface area contributed by atoms with E-state index in [9.17, 15) is 14.4 Å². The van der Waals surface area contributed by atoms with Crippen LogP contribution in [0.3, 0.4) is 0 Å². The standard InChI is InChI=1S/C28H41N5O3/c34-25(30-14-6-18-31-15-5-12-26(31)35)11-1-10-24-23-9-4-17-32-16-3-8-22(27(23)32)20-33(24)28(36)21-7-2-13-29-19-21/h2,7,13,19,22-24,27H,1,3-6,8-12,14-18,20H2,(H,30,34)/t22-,23+,24+,27-/m0/s1. The maximum absolute atomic E-state index is 13.6. The fourth-order valence-electron chi connectivity index (χ4n) is 7.25. The number of nitrogens with zero attached hydrogens (tertiary/aromatic N) is 4. The molecule has 1 aromatic heterocycles. The zero-order chi connectivity index (χ0) is 24.9. The van der Waals surface area contributed by atoms with Gasteiger partial charge in [-0.25, -0.2) is 0 Å². The van der Waals surface area contributed by atoms with E-state index in [4.69, 9.17) is 0 Å². The van der Waals surface area contributed by atoms with E-state index in [1.165, 1.54) is 38.8 Å². The summed E-state index contributed by atoms with van der Waals surface area (Å²) >= 11 is 0. The summed E-state index contributed by atoms with van der Waals surface area (Å²) in [4.78, 5) is 48.8. The highest BCUT2D eigenvalue weighted by molar-refractivity contribution is 5.94. The Kier molecular flexibility index (Phi) is 8.19. The number of rotatable bonds is 9. The van der Waals surface area contributed by atoms with Gasteiger partial charge < -0.3 is 15.1 Å². The van der Waals surface area contributed by atoms with Crippen molar-refractivity contribution in [1.82, 2.24) is 25.0 Å². The second kappa shape index (κ2) is 11.7. The molecule has 4 aliphatic heterocycles. The molecule has 5 heterocycles. The van der Waals surface area contributed by atoms with Gasteiger partial charge in [-0.3, -0.25) is 24.3 Å². The van der Waals surface area contributed by atoms with E-state index in [-0.39, 0.29) is 23.8 Å². The summed E-state index contributed by atoms with van der Waals surface area (Å²) in [5, 5.41) is 3.03. The lowest BCUT2D eigenvalue weighted by atomic mass is 9.69. The molecule has 196 valence electrons. The third-order valence-corrected chi connectivity index (χ3v) is 8.84. The minimum Gasteiger partial charge on any atom is -0.356 e. The maximum atomic E-state index is 13.6. The first-order chi connectivity index (χ1) is 17.6. The highest BCUT2D eigenvalue weighted by Crippen LogP contribution is 2.43. The molecule has 3 amide bonds. The molecule has 4 aliphatic rings. The summed E-state index contributed by atoms with van der Waals surface area (Å²) in [6.07, 6.45) is 12.7. The van der Waals surface area contributed by atoms with Crippen LogP contribution in [-0.2, 0) is 9.59 Å². The number of hydrogen-bond acceptors (Lipinski definition) is 5. The van der Waals surface area contributed by atoms with Crippen LogP contribution in [0.25, 0.3) is 0 Å². The molecule has 0 bridgehead atoms. The predicted octanol–water partition coefficient (Wildman–Crippen LogP) is 2.70. The van der Waals surface area contributed by atoms with Crippen LogP contribution >= 0.6 is 0 Å². The Morgan fingerprint density at radius 2 is 1.94 bits per heavy atom. The SMILES string of the molecule is O=C(CCC[C@@H]1[C@H]2CCCN3CCC[C@@H](CN1C(=O)c1cccnc1)[C@@H]23)NCCCN1CCCC1=O. The number of hydrogen-bond donors (Lipinski definition) is 1. The van der Waals surface area contributed by atoms with Gasteiger partial charge in [0.1, 0.15) is 0 Å². The van der Waals surface area contributed by atoms with Gasteiger partial charge in [0, 0.05) is 63.5 Å². The van der Waals surface area contributed by atoms with E-state index in [0.717, 1.165) is 45.3 Å². The summed E-state index contributed by atoms with van der Waals surface area (Å²) in [5.74, 6) is 1.44. The molecule has 8 nitrogen and oxygen atoms in total. The minimum atomic E-state index is 0.0736. The van der Waals surface area contributed by atoms with E-state index < -0.39 is 0 Å². The number of piperidine rings is 3. The normalized spacial score (nSPS) is 28.2. The first-order valence-corrected chi connectivity index (χ1v) is 14.1. The molecule has 4 fully saturated rings. The van der Waals surface area contributed by atoms with Gasteiger partial charge in [-0.2, -0.15) is 0 Å². The Bertz CT molecular complexity index is 923. The molecule has 0 saturated carbocycles. The topological polar surface area (TPSA) is 85.8 Å². The van der Waals surface area contributed by atoms with E-state index in [1.54, 1.807) is 12.4 Å². The number of aromatic nitrogens is 1. The second-order valence-corrected chi connectivity index (χ2v) is 11.1. The van der Waals surface area contributed by atoms with Crippen molar-refractivity contribution in [2.45, 2.75) is 76.3 Å². The molecule has 0 aliphatic carbocycles. The number of carbonyl (C=O) groups excluding carboxylic acids is 3. The summed E-state index contributed by atoms with van der Waals surface area (Å²) in [6.45, 7) is 5.38. The predicted molar refractivity (Wildman–Crippen MR) is 137 cm³/mol. The monoisotopic (exact) mass is 495 g/mol. The smallest absolute Gasteiger partial charge is 0.255 e. The Hall–Kier alpha value is -2.48. The summed E-state index contributed by atoms with van der Waals surface area (Å²) in [6, 6.07) is 4.46. The molecule has 0 aromatic carbocycles. The Labute approximate surface area is 214 Å². The van der Waals surface area contributed by atoms with Gasteiger partial charge in [0.15, 0.2) is 0 Å². The van der Waals surface area contributed by atoms with Crippen LogP contribution in [0.1, 0.15) is 74.6 Å². The number of likely N-dealkylation sites (tertiary alicyclic amines) is 2. The maximum Gasteiger partial charge on any atom is 0.255 e. The zero-order valence-electron chi connectivity index (χ0n) is 21.4. The van der Waals surface area contributed by atoms with Crippen molar-refractivity contribution >= 4 is 17.7 Å². The molecule has 1 aromatic rings. The average Bonchev–Trinajstić information content (AvgIpc) is 3.32. The quantitative estimate of drug-likeness (QED) is 0.533. The number of pyridine rings is 1. The van der Waals surface area contributed by atoms with Crippen LogP contribution in [0.15, 0.2) is 24.5 Å². The first-order valence-electron chi connectivity index (χ1n) is 14.1. The average molecular weight is 496 g/mol. The summed E-state index contributed by atoms with van der Waals surface area (Å²) in [7, 11) is 0. The van der Waals surface area contributed by atoms with E-state index in [1.807, 2.05) is 17.0 Å². The van der Waals surface area contributed by atoms with Gasteiger partial charge in [0.25, 0.3) is 5.91 Å². The van der Waals surface area contributed by atoms with Crippen LogP contribution in [-0.4, -0.2) is 88.8 Å². The third-order valence-electron chi connectivity index (χ3n) is 8.84. The zero-order valence-corrected chi connectivity index (χ0v) is 21.4. The molecule has 5 rings (SSSR count). The molecule has 8 heteroatoms. The highest BCUT2D eigenvalue weighted by Gasteiger charge is 2.49. The second-order valence-electron chi connectivity index (χ2n) is 11.1. The molecule has 4 atom stereocenters. The van der Waals surface area contributed by atoms with Gasteiger partial charge in [-0.15, -0.1) is 0 Å². The number of carbonyl (C=O) groups is 3. The number of amides is 3. The molecule has 0 radical (unpaired) electrons. The van der Waals surface area contributed by atoms with Crippen LogP contribution in [0, 0.1) is 11.8 Å². The molecule has 0 unspecified atom stereocenters. The Morgan fingerprint density at radius 3 is 2.72 bits per heavy atom. The van der Waals surface area contributed by atoms with E-state index in [0.29, 0.717) is 42.8 Å². The van der Waals surface area contributed by atoms with Crippen molar-refractivity contribution in [2.24, 2.45) is 11.8 Å². The Morgan fingerprint density at radius 1 is 1.08 bits per heavy atom. The van der Waals surface area contributed by atoms with Crippen LogP contribution in [0.2, 0.25) is 0 Å². The summed E-state index contributed by atoms with van der Waals surface area (Å²) < 4.78 is 0. The molecule has 36 heavy (non-hydrogen) atoms. The fraction of sp³-hybridized carbons (Fsp3) is 0.714. The van der Waals surface area contributed by atoms with Crippen molar-refractivity contribution in [2.75, 3.05) is 39.3 Å². The first kappa shape index (κ1) is 25.2. The van der Waals surface area contributed by atoms with Crippen molar-refractivity contribution in [3.05, 3.63) is 30.1 Å². The lowest BCUT2D eigenvalue weighted by Gasteiger charge is -2.57. The van der Waals surface area contributed by atoms with Gasteiger partial charge in [-0.1, -0.05) is 0 Å². The lowest BCUT2D eigenvalue weighted by Crippen LogP contribution is -2.65. The van der Waals surface area contributed by atoms with Gasteiger partial charge in [-0.05, 0) is 88.4 Å². The van der Waals surface area contributed by atoms with Gasteiger partial charge in [0.05, 0.1) is 5.56 Å². The van der Waals surface area contributed by atoms with Crippen molar-refractivity contribution in [1.29, 1.82) is 0 Å². The lowest BCUT2D eigenvalue weighted by molar-refractivity contribution is -0.127. The minimum absolute atomic E-state index is 0.0736. The summed E-state index contributed by atoms with van der Waals surface area (Å²) in [5.41, 5.74) is 0.665. The van der Waals surface area contributed by atoms with Crippen molar-refractivity contribution in [3.63, 3.8) is 0 Å². The van der Waals surface area contributed by atoms with E-state index >= 15 is 0 Å². The molecule has 0 spiro atoms. The highest BCUT2D eigenvalue weighted by atomic mass is 16.2. The van der Waals surface area contributed by atoms with Crippen molar-refractivity contribution in [3.8, 4) is 0 Å². The van der Waals surface area contributed by atoms with Crippen molar-refractivity contribution < 1.29 is 14.4 Å². The molecular weight excluding hydrogens is 454 g/mol. The molecular formula is C28H41N5O3. The van der Waals surface area contributed by atoms with Crippen LogP contribution in [0.5, 0.6) is 0 Å². The van der Waals surface area contributed by atoms with Crippen LogP contribution in [0.4, 0.5) is 0 Å². The number of nitrogens with one attached hydrogen (secondary N) is 1. The van der Waals surface area contributed by atoms with Gasteiger partial charge >= 0.3 is 0 Å². The van der Waals surface area contributed by atoms with Gasteiger partial charge in [0.2, 0.25) is 11.8 Å². The largest absolute Gasteiger partial charge is 0.356 e. The third kappa shape index (κ3) is 5.58.